The van der Waals surface area contributed by atoms with Crippen LogP contribution in [0.2, 0.25) is 43.8 Å². The molecule has 3 rings (SSSR count). The van der Waals surface area contributed by atoms with Crippen LogP contribution in [-0.2, 0) is 42.7 Å². The third-order valence-corrected chi connectivity index (χ3v) is 17.9. The van der Waals surface area contributed by atoms with Crippen molar-refractivity contribution in [2.45, 2.75) is 153 Å². The van der Waals surface area contributed by atoms with Crippen molar-refractivity contribution in [3.63, 3.8) is 0 Å². The molecule has 1 saturated heterocycles. The molecule has 0 spiro atoms. The van der Waals surface area contributed by atoms with E-state index in [1.165, 1.54) is 6.08 Å². The lowest BCUT2D eigenvalue weighted by Gasteiger charge is -2.47. The molecule has 0 bridgehead atoms. The van der Waals surface area contributed by atoms with Crippen molar-refractivity contribution < 1.29 is 41.3 Å². The molecule has 1 fully saturated rings. The van der Waals surface area contributed by atoms with Gasteiger partial charge in [-0.3, -0.25) is 0 Å². The highest BCUT2D eigenvalue weighted by molar-refractivity contribution is 7.91. The first-order valence-corrected chi connectivity index (χ1v) is 25.5. The predicted octanol–water partition coefficient (Wildman–Crippen LogP) is 7.75. The minimum Gasteiger partial charge on any atom is -0.459 e. The lowest BCUT2D eigenvalue weighted by atomic mass is 9.81. The van der Waals surface area contributed by atoms with Crippen LogP contribution in [0.5, 0.6) is 0 Å². The second-order valence-electron chi connectivity index (χ2n) is 17.4. The Morgan fingerprint density at radius 3 is 2.17 bits per heavy atom. The lowest BCUT2D eigenvalue weighted by Crippen LogP contribution is -2.55. The van der Waals surface area contributed by atoms with Crippen LogP contribution in [-0.4, -0.2) is 86.2 Å². The van der Waals surface area contributed by atoms with E-state index in [0.29, 0.717) is 25.0 Å². The molecule has 0 saturated carbocycles. The van der Waals surface area contributed by atoms with Crippen LogP contribution in [0.1, 0.15) is 68.2 Å². The van der Waals surface area contributed by atoms with Gasteiger partial charge in [-0.2, -0.15) is 0 Å². The number of carbonyl (C=O) groups is 1. The number of sulfone groups is 1. The number of esters is 1. The number of rotatable bonds is 16. The predicted molar refractivity (Wildman–Crippen MR) is 195 cm³/mol. The van der Waals surface area contributed by atoms with Gasteiger partial charge < -0.3 is 28.1 Å². The molecule has 12 heteroatoms. The Morgan fingerprint density at radius 2 is 1.62 bits per heavy atom. The summed E-state index contributed by atoms with van der Waals surface area (Å²) in [7, 11) is -7.57. The molecule has 0 aromatic heterocycles. The number of hydrogen-bond acceptors (Lipinski definition) is 9. The fraction of sp³-hybridized carbons (Fsp3) is 0.750. The van der Waals surface area contributed by atoms with Gasteiger partial charge >= 0.3 is 5.97 Å². The molecule has 0 N–H and O–H groups in total. The van der Waals surface area contributed by atoms with Crippen molar-refractivity contribution in [3.05, 3.63) is 42.0 Å². The number of benzene rings is 1. The Bertz CT molecular complexity index is 1360. The second kappa shape index (κ2) is 15.5. The summed E-state index contributed by atoms with van der Waals surface area (Å²) in [6.07, 6.45) is -0.0667. The van der Waals surface area contributed by atoms with Crippen molar-refractivity contribution in [3.8, 4) is 0 Å². The van der Waals surface area contributed by atoms with Crippen molar-refractivity contribution in [1.29, 1.82) is 0 Å². The van der Waals surface area contributed by atoms with Crippen molar-refractivity contribution in [2.24, 2.45) is 5.41 Å². The van der Waals surface area contributed by atoms with Crippen LogP contribution in [0.4, 0.5) is 0 Å². The van der Waals surface area contributed by atoms with E-state index in [2.05, 4.69) is 53.5 Å². The highest BCUT2D eigenvalue weighted by Gasteiger charge is 2.49. The van der Waals surface area contributed by atoms with Crippen LogP contribution in [0.15, 0.2) is 46.9 Å². The van der Waals surface area contributed by atoms with Crippen molar-refractivity contribution in [2.75, 3.05) is 19.2 Å². The normalized spacial score (nSPS) is 23.8. The number of hydrogen-bond donors (Lipinski definition) is 0. The van der Waals surface area contributed by atoms with Crippen LogP contribution >= 0.6 is 0 Å². The van der Waals surface area contributed by atoms with E-state index < -0.39 is 61.7 Å². The summed E-state index contributed by atoms with van der Waals surface area (Å²) in [4.78, 5) is 13.5. The number of cyclic esters (lactones) is 1. The summed E-state index contributed by atoms with van der Waals surface area (Å²) in [5, 5.41) is -0.177. The van der Waals surface area contributed by atoms with Crippen LogP contribution in [0, 0.1) is 5.41 Å². The molecule has 0 aliphatic carbocycles. The van der Waals surface area contributed by atoms with Crippen LogP contribution in [0.3, 0.4) is 0 Å². The Kier molecular flexibility index (Phi) is 13.2. The molecule has 48 heavy (non-hydrogen) atoms. The maximum absolute atomic E-state index is 13.9. The molecule has 5 atom stereocenters. The Balaban J connectivity index is 2.03. The standard InChI is InChI=1S/C36H62O9SSi2/c1-26-30(44-36(7,8)43-26)23-28-21-27(22-31(37)42-28)32(41-25-40-19-20-47(9,10)11)33(45-48(12,13)34(2,3)4)35(5,6)24-46(38,39)29-17-15-14-16-18-29/h14-18,22,26,28,30,32-33H,19-21,23-25H2,1-13H3/t26-,28+,30-,32+,33-/m1/s1. The van der Waals surface area contributed by atoms with Gasteiger partial charge in [-0.25, -0.2) is 13.2 Å². The molecule has 0 amide bonds. The van der Waals surface area contributed by atoms with Crippen molar-refractivity contribution >= 4 is 32.2 Å². The molecule has 1 aromatic carbocycles. The topological polar surface area (TPSA) is 107 Å². The average Bonchev–Trinajstić information content (AvgIpc) is 3.18. The van der Waals surface area contributed by atoms with E-state index in [1.54, 1.807) is 30.3 Å². The summed E-state index contributed by atoms with van der Waals surface area (Å²) in [5.41, 5.74) is -0.240. The SMILES string of the molecule is C[C@H]1OC(C)(C)O[C@@H]1C[C@@H]1CC([C@H](OCOCC[Si](C)(C)C)[C@@H](O[Si](C)(C)C(C)(C)C)C(C)(C)CS(=O)(=O)c2ccccc2)=CC(=O)O1. The first-order chi connectivity index (χ1) is 21.8. The Hall–Kier alpha value is -1.39. The third kappa shape index (κ3) is 11.6. The fourth-order valence-corrected chi connectivity index (χ4v) is 9.98. The molecule has 9 nitrogen and oxygen atoms in total. The molecule has 1 aromatic rings. The quantitative estimate of drug-likeness (QED) is 0.0732. The molecule has 2 heterocycles. The lowest BCUT2D eigenvalue weighted by molar-refractivity contribution is -0.155. The summed E-state index contributed by atoms with van der Waals surface area (Å²) < 4.78 is 65.5. The summed E-state index contributed by atoms with van der Waals surface area (Å²) in [6.45, 7) is 27.7. The van der Waals surface area contributed by atoms with Gasteiger partial charge in [0.15, 0.2) is 23.9 Å². The Labute approximate surface area is 292 Å². The van der Waals surface area contributed by atoms with E-state index in [0.717, 1.165) is 6.04 Å². The highest BCUT2D eigenvalue weighted by Crippen LogP contribution is 2.44. The summed E-state index contributed by atoms with van der Waals surface area (Å²) in [5.74, 6) is -1.38. The van der Waals surface area contributed by atoms with Gasteiger partial charge in [-0.1, -0.05) is 72.5 Å². The van der Waals surface area contributed by atoms with Crippen LogP contribution in [0.25, 0.3) is 0 Å². The average molecular weight is 727 g/mol. The van der Waals surface area contributed by atoms with E-state index in [4.69, 9.17) is 28.1 Å². The van der Waals surface area contributed by atoms with Gasteiger partial charge in [0.25, 0.3) is 0 Å². The zero-order valence-electron chi connectivity index (χ0n) is 31.7. The third-order valence-electron chi connectivity index (χ3n) is 9.60. The molecule has 0 unspecified atom stereocenters. The molecular formula is C36H62O9SSi2. The molecular weight excluding hydrogens is 665 g/mol. The van der Waals surface area contributed by atoms with Gasteiger partial charge in [-0.05, 0) is 62.7 Å². The zero-order valence-corrected chi connectivity index (χ0v) is 34.5. The summed E-state index contributed by atoms with van der Waals surface area (Å²) in [6, 6.07) is 9.48. The minimum absolute atomic E-state index is 0.0180. The van der Waals surface area contributed by atoms with E-state index in [9.17, 15) is 13.2 Å². The van der Waals surface area contributed by atoms with Gasteiger partial charge in [0.2, 0.25) is 0 Å². The first kappa shape index (κ1) is 41.0. The Morgan fingerprint density at radius 1 is 1.00 bits per heavy atom. The van der Waals surface area contributed by atoms with Crippen molar-refractivity contribution in [1.82, 2.24) is 0 Å². The van der Waals surface area contributed by atoms with Crippen LogP contribution < -0.4 is 0 Å². The molecule has 2 aliphatic rings. The summed E-state index contributed by atoms with van der Waals surface area (Å²) >= 11 is 0. The first-order valence-electron chi connectivity index (χ1n) is 17.2. The monoisotopic (exact) mass is 726 g/mol. The molecule has 0 radical (unpaired) electrons. The maximum atomic E-state index is 13.9. The second-order valence-corrected chi connectivity index (χ2v) is 29.7. The van der Waals surface area contributed by atoms with Gasteiger partial charge in [0.05, 0.1) is 29.0 Å². The van der Waals surface area contributed by atoms with E-state index in [-0.39, 0.29) is 34.7 Å². The molecule has 274 valence electrons. The highest BCUT2D eigenvalue weighted by atomic mass is 32.2. The molecule has 2 aliphatic heterocycles. The fourth-order valence-electron chi connectivity index (χ4n) is 5.91. The van der Waals surface area contributed by atoms with E-state index >= 15 is 0 Å². The maximum Gasteiger partial charge on any atom is 0.331 e. The largest absolute Gasteiger partial charge is 0.459 e. The number of carbonyl (C=O) groups excluding carboxylic acids is 1. The smallest absolute Gasteiger partial charge is 0.331 e. The van der Waals surface area contributed by atoms with Gasteiger partial charge in [0, 0.05) is 39.0 Å². The minimum atomic E-state index is -3.71. The zero-order chi connectivity index (χ0) is 36.3. The van der Waals surface area contributed by atoms with E-state index in [1.807, 2.05) is 34.6 Å². The number of ether oxygens (including phenoxy) is 5. The van der Waals surface area contributed by atoms with Gasteiger partial charge in [-0.15, -0.1) is 0 Å². The van der Waals surface area contributed by atoms with Gasteiger partial charge in [0.1, 0.15) is 19.0 Å².